The smallest absolute Gasteiger partial charge is 0.325 e. The topological polar surface area (TPSA) is 75.0 Å². The molecule has 2 aromatic carbocycles. The van der Waals surface area contributed by atoms with E-state index < -0.39 is 5.69 Å². The predicted molar refractivity (Wildman–Crippen MR) is 92.4 cm³/mol. The van der Waals surface area contributed by atoms with E-state index in [9.17, 15) is 9.59 Å². The van der Waals surface area contributed by atoms with Crippen LogP contribution in [0, 0.1) is 6.92 Å². The number of para-hydroxylation sites is 1. The van der Waals surface area contributed by atoms with Crippen LogP contribution in [0.3, 0.4) is 0 Å². The normalized spacial score (nSPS) is 10.5. The van der Waals surface area contributed by atoms with Crippen LogP contribution in [0.25, 0.3) is 0 Å². The van der Waals surface area contributed by atoms with E-state index in [1.54, 1.807) is 6.92 Å². The summed E-state index contributed by atoms with van der Waals surface area (Å²) in [5.74, 6) is 0.728. The van der Waals surface area contributed by atoms with Crippen molar-refractivity contribution >= 4 is 0 Å². The van der Waals surface area contributed by atoms with Gasteiger partial charge in [0.2, 0.25) is 0 Å². The van der Waals surface area contributed by atoms with Crippen LogP contribution >= 0.6 is 0 Å². The lowest BCUT2D eigenvalue weighted by Crippen LogP contribution is -2.27. The van der Waals surface area contributed by atoms with Gasteiger partial charge in [0.25, 0.3) is 5.56 Å². The number of aromatic nitrogens is 2. The molecule has 2 N–H and O–H groups in total. The minimum Gasteiger partial charge on any atom is -0.489 e. The highest BCUT2D eigenvalue weighted by atomic mass is 16.5. The van der Waals surface area contributed by atoms with E-state index in [-0.39, 0.29) is 5.56 Å². The number of benzene rings is 2. The van der Waals surface area contributed by atoms with Crippen molar-refractivity contribution in [2.75, 3.05) is 0 Å². The van der Waals surface area contributed by atoms with Crippen LogP contribution < -0.4 is 16.0 Å². The molecule has 0 amide bonds. The Morgan fingerprint density at radius 2 is 1.62 bits per heavy atom. The lowest BCUT2D eigenvalue weighted by molar-refractivity contribution is 0.303. The zero-order valence-corrected chi connectivity index (χ0v) is 13.3. The first-order valence-corrected chi connectivity index (χ1v) is 7.70. The second kappa shape index (κ2) is 7.00. The van der Waals surface area contributed by atoms with E-state index in [0.29, 0.717) is 24.3 Å². The number of rotatable bonds is 5. The van der Waals surface area contributed by atoms with E-state index >= 15 is 0 Å². The number of nitrogens with one attached hydrogen (secondary N) is 2. The number of H-pyrrole nitrogens is 2. The van der Waals surface area contributed by atoms with Crippen molar-refractivity contribution < 1.29 is 4.74 Å². The first-order chi connectivity index (χ1) is 11.6. The van der Waals surface area contributed by atoms with Crippen molar-refractivity contribution in [2.24, 2.45) is 0 Å². The number of aromatic amines is 2. The summed E-state index contributed by atoms with van der Waals surface area (Å²) >= 11 is 0. The molecule has 3 aromatic rings. The molecule has 5 nitrogen and oxygen atoms in total. The summed E-state index contributed by atoms with van der Waals surface area (Å²) in [5.41, 5.74) is 2.22. The van der Waals surface area contributed by atoms with Crippen molar-refractivity contribution in [2.45, 2.75) is 20.0 Å². The van der Waals surface area contributed by atoms with Crippen LogP contribution in [0.15, 0.2) is 64.2 Å². The van der Waals surface area contributed by atoms with Gasteiger partial charge in [0.1, 0.15) is 12.4 Å². The van der Waals surface area contributed by atoms with E-state index in [4.69, 9.17) is 4.74 Å². The van der Waals surface area contributed by atoms with E-state index in [0.717, 1.165) is 16.9 Å². The maximum atomic E-state index is 12.0. The zero-order valence-electron chi connectivity index (χ0n) is 13.3. The highest BCUT2D eigenvalue weighted by Gasteiger charge is 2.10. The van der Waals surface area contributed by atoms with Crippen LogP contribution in [0.1, 0.15) is 22.4 Å². The summed E-state index contributed by atoms with van der Waals surface area (Å²) in [6.07, 6.45) is 0.392. The van der Waals surface area contributed by atoms with Gasteiger partial charge in [-0.15, -0.1) is 0 Å². The van der Waals surface area contributed by atoms with Gasteiger partial charge in [-0.1, -0.05) is 48.5 Å². The number of hydrogen-bond acceptors (Lipinski definition) is 3. The molecule has 0 radical (unpaired) electrons. The first-order valence-electron chi connectivity index (χ1n) is 7.70. The Balaban J connectivity index is 1.85. The number of aryl methyl sites for hydroxylation is 1. The van der Waals surface area contributed by atoms with Crippen molar-refractivity contribution in [3.8, 4) is 5.75 Å². The van der Waals surface area contributed by atoms with Gasteiger partial charge in [-0.25, -0.2) is 4.79 Å². The molecule has 0 spiro atoms. The minimum absolute atomic E-state index is 0.367. The van der Waals surface area contributed by atoms with Gasteiger partial charge in [0.05, 0.1) is 0 Å². The fraction of sp³-hybridized carbons (Fsp3) is 0.158. The Kier molecular flexibility index (Phi) is 4.61. The Morgan fingerprint density at radius 1 is 0.917 bits per heavy atom. The van der Waals surface area contributed by atoms with Crippen LogP contribution in [-0.2, 0) is 13.0 Å². The van der Waals surface area contributed by atoms with Crippen LogP contribution in [0.4, 0.5) is 0 Å². The molecule has 0 atom stereocenters. The largest absolute Gasteiger partial charge is 0.489 e. The summed E-state index contributed by atoms with van der Waals surface area (Å²) in [5, 5.41) is 0. The lowest BCUT2D eigenvalue weighted by Gasteiger charge is -2.12. The third kappa shape index (κ3) is 3.63. The van der Waals surface area contributed by atoms with E-state index in [1.807, 2.05) is 54.6 Å². The van der Waals surface area contributed by atoms with Crippen LogP contribution in [0.2, 0.25) is 0 Å². The molecule has 0 aliphatic heterocycles. The van der Waals surface area contributed by atoms with Gasteiger partial charge in [-0.05, 0) is 24.1 Å². The standard InChI is InChI=1S/C19H18N2O3/c1-13-16(18(22)21-19(23)20-13)11-15-9-5-6-10-17(15)24-12-14-7-3-2-4-8-14/h2-10H,11-12H2,1H3,(H2,20,21,22,23). The average molecular weight is 322 g/mol. The fourth-order valence-corrected chi connectivity index (χ4v) is 2.56. The zero-order chi connectivity index (χ0) is 16.9. The summed E-state index contributed by atoms with van der Waals surface area (Å²) in [4.78, 5) is 28.2. The van der Waals surface area contributed by atoms with Gasteiger partial charge in [0.15, 0.2) is 0 Å². The van der Waals surface area contributed by atoms with Gasteiger partial charge < -0.3 is 9.72 Å². The second-order valence-electron chi connectivity index (χ2n) is 5.57. The Bertz CT molecular complexity index is 943. The molecule has 122 valence electrons. The monoisotopic (exact) mass is 322 g/mol. The molecule has 1 heterocycles. The van der Waals surface area contributed by atoms with Gasteiger partial charge in [0, 0.05) is 17.7 Å². The van der Waals surface area contributed by atoms with E-state index in [1.165, 1.54) is 0 Å². The maximum absolute atomic E-state index is 12.0. The molecular formula is C19H18N2O3. The molecule has 0 saturated heterocycles. The SMILES string of the molecule is Cc1[nH]c(=O)[nH]c(=O)c1Cc1ccccc1OCc1ccccc1. The third-order valence-electron chi connectivity index (χ3n) is 3.83. The lowest BCUT2D eigenvalue weighted by atomic mass is 10.0. The highest BCUT2D eigenvalue weighted by Crippen LogP contribution is 2.22. The minimum atomic E-state index is -0.491. The quantitative estimate of drug-likeness (QED) is 0.758. The Labute approximate surface area is 139 Å². The fourth-order valence-electron chi connectivity index (χ4n) is 2.56. The molecule has 0 aliphatic rings. The second-order valence-corrected chi connectivity index (χ2v) is 5.57. The highest BCUT2D eigenvalue weighted by molar-refractivity contribution is 5.38. The molecule has 3 rings (SSSR count). The first kappa shape index (κ1) is 15.8. The average Bonchev–Trinajstić information content (AvgIpc) is 2.58. The predicted octanol–water partition coefficient (Wildman–Crippen LogP) is 2.54. The molecule has 0 aliphatic carbocycles. The van der Waals surface area contributed by atoms with Crippen molar-refractivity contribution in [1.82, 2.24) is 9.97 Å². The Morgan fingerprint density at radius 3 is 2.38 bits per heavy atom. The molecule has 0 unspecified atom stereocenters. The Hall–Kier alpha value is -3.08. The maximum Gasteiger partial charge on any atom is 0.325 e. The van der Waals surface area contributed by atoms with Crippen LogP contribution in [-0.4, -0.2) is 9.97 Å². The van der Waals surface area contributed by atoms with Crippen molar-refractivity contribution in [1.29, 1.82) is 0 Å². The van der Waals surface area contributed by atoms with Gasteiger partial charge in [-0.2, -0.15) is 0 Å². The van der Waals surface area contributed by atoms with Crippen molar-refractivity contribution in [3.05, 3.63) is 97.8 Å². The molecule has 5 heteroatoms. The third-order valence-corrected chi connectivity index (χ3v) is 3.83. The molecule has 0 fully saturated rings. The summed E-state index contributed by atoms with van der Waals surface area (Å²) in [7, 11) is 0. The summed E-state index contributed by atoms with van der Waals surface area (Å²) in [6, 6.07) is 17.5. The molecule has 24 heavy (non-hydrogen) atoms. The number of ether oxygens (including phenoxy) is 1. The van der Waals surface area contributed by atoms with Gasteiger partial charge in [-0.3, -0.25) is 9.78 Å². The molecule has 1 aromatic heterocycles. The molecule has 0 bridgehead atoms. The summed E-state index contributed by atoms with van der Waals surface area (Å²) < 4.78 is 5.91. The van der Waals surface area contributed by atoms with Gasteiger partial charge >= 0.3 is 5.69 Å². The van der Waals surface area contributed by atoms with Crippen LogP contribution in [0.5, 0.6) is 5.75 Å². The number of hydrogen-bond donors (Lipinski definition) is 2. The van der Waals surface area contributed by atoms with E-state index in [2.05, 4.69) is 9.97 Å². The van der Waals surface area contributed by atoms with Crippen molar-refractivity contribution in [3.63, 3.8) is 0 Å². The molecule has 0 saturated carbocycles. The molecular weight excluding hydrogens is 304 g/mol. The summed E-state index contributed by atoms with van der Waals surface area (Å²) in [6.45, 7) is 2.18.